The van der Waals surface area contributed by atoms with Crippen molar-refractivity contribution < 1.29 is 23.4 Å². The molecule has 2 N–H and O–H groups in total. The van der Waals surface area contributed by atoms with Gasteiger partial charge in [0.1, 0.15) is 11.6 Å². The average molecular weight is 495 g/mol. The van der Waals surface area contributed by atoms with Gasteiger partial charge in [0.15, 0.2) is 0 Å². The van der Waals surface area contributed by atoms with Gasteiger partial charge in [0, 0.05) is 38.3 Å². The monoisotopic (exact) mass is 494 g/mol. The van der Waals surface area contributed by atoms with E-state index in [0.717, 1.165) is 48.9 Å². The van der Waals surface area contributed by atoms with E-state index in [0.29, 0.717) is 18.6 Å². The second-order valence-corrected chi connectivity index (χ2v) is 9.22. The minimum atomic E-state index is -0.802. The molecule has 190 valence electrons. The van der Waals surface area contributed by atoms with Crippen LogP contribution in [0.15, 0.2) is 60.7 Å². The number of amides is 1. The first-order valence-corrected chi connectivity index (χ1v) is 12.3. The largest absolute Gasteiger partial charge is 0.390 e. The van der Waals surface area contributed by atoms with Crippen molar-refractivity contribution in [3.8, 4) is 11.1 Å². The predicted octanol–water partition coefficient (Wildman–Crippen LogP) is 4.88. The van der Waals surface area contributed by atoms with Crippen molar-refractivity contribution in [2.45, 2.75) is 38.5 Å². The number of hydrogen-bond acceptors (Lipinski definition) is 4. The van der Waals surface area contributed by atoms with Crippen molar-refractivity contribution in [3.05, 3.63) is 94.6 Å². The third kappa shape index (κ3) is 5.98. The Morgan fingerprint density at radius 2 is 1.92 bits per heavy atom. The smallest absolute Gasteiger partial charge is 0.254 e. The fourth-order valence-corrected chi connectivity index (χ4v) is 4.70. The van der Waals surface area contributed by atoms with E-state index in [1.54, 1.807) is 18.2 Å². The van der Waals surface area contributed by atoms with Gasteiger partial charge >= 0.3 is 0 Å². The molecule has 0 aliphatic heterocycles. The first-order valence-electron chi connectivity index (χ1n) is 12.3. The standard InChI is InChI=1S/C29H32F2N2O3/c1-3-36-14-6-13-33(2)18-19-9-10-21-17-27(34)28(24(21)15-19)32-29(35)23-12-11-20(16-26(23)31)22-7-4-5-8-25(22)30/h4-5,7-12,15-16,27-28,34H,3,6,13-14,17-18H2,1-2H3,(H,32,35). The SMILES string of the molecule is CCOCCCN(C)Cc1ccc2c(c1)C(NC(=O)c1ccc(-c3ccccc3F)cc1F)C(O)C2. The lowest BCUT2D eigenvalue weighted by atomic mass is 10.0. The molecular formula is C29H32F2N2O3. The molecule has 1 aliphatic carbocycles. The Labute approximate surface area is 210 Å². The van der Waals surface area contributed by atoms with E-state index in [1.165, 1.54) is 18.2 Å². The van der Waals surface area contributed by atoms with Crippen LogP contribution in [-0.2, 0) is 17.7 Å². The molecule has 0 bridgehead atoms. The van der Waals surface area contributed by atoms with Crippen LogP contribution in [0.2, 0.25) is 0 Å². The third-order valence-electron chi connectivity index (χ3n) is 6.53. The number of aliphatic hydroxyl groups excluding tert-OH is 1. The molecular weight excluding hydrogens is 462 g/mol. The lowest BCUT2D eigenvalue weighted by Gasteiger charge is -2.20. The van der Waals surface area contributed by atoms with Crippen LogP contribution in [0.1, 0.15) is 46.4 Å². The maximum Gasteiger partial charge on any atom is 0.254 e. The Morgan fingerprint density at radius 1 is 1.11 bits per heavy atom. The van der Waals surface area contributed by atoms with Crippen LogP contribution in [0.5, 0.6) is 0 Å². The first kappa shape index (κ1) is 25.9. The summed E-state index contributed by atoms with van der Waals surface area (Å²) in [4.78, 5) is 15.2. The number of fused-ring (bicyclic) bond motifs is 1. The van der Waals surface area contributed by atoms with E-state index in [2.05, 4.69) is 10.2 Å². The molecule has 1 amide bonds. The summed E-state index contributed by atoms with van der Waals surface area (Å²) in [6, 6.07) is 15.5. The number of carbonyl (C=O) groups is 1. The molecule has 0 fully saturated rings. The molecule has 0 saturated heterocycles. The van der Waals surface area contributed by atoms with Gasteiger partial charge in [-0.3, -0.25) is 4.79 Å². The van der Waals surface area contributed by atoms with E-state index in [1.807, 2.05) is 32.2 Å². The average Bonchev–Trinajstić information content (AvgIpc) is 3.16. The van der Waals surface area contributed by atoms with Gasteiger partial charge in [-0.05, 0) is 60.8 Å². The normalized spacial score (nSPS) is 16.8. The van der Waals surface area contributed by atoms with Gasteiger partial charge < -0.3 is 20.1 Å². The highest BCUT2D eigenvalue weighted by molar-refractivity contribution is 5.95. The summed E-state index contributed by atoms with van der Waals surface area (Å²) < 4.78 is 34.4. The molecule has 3 aromatic rings. The minimum absolute atomic E-state index is 0.152. The van der Waals surface area contributed by atoms with Crippen molar-refractivity contribution in [1.82, 2.24) is 10.2 Å². The number of benzene rings is 3. The number of halogens is 2. The second kappa shape index (κ2) is 11.7. The number of hydrogen-bond donors (Lipinski definition) is 2. The zero-order valence-corrected chi connectivity index (χ0v) is 20.6. The van der Waals surface area contributed by atoms with E-state index < -0.39 is 29.7 Å². The Balaban J connectivity index is 1.46. The molecule has 0 radical (unpaired) electrons. The molecule has 0 saturated carbocycles. The van der Waals surface area contributed by atoms with E-state index in [9.17, 15) is 18.7 Å². The van der Waals surface area contributed by atoms with Crippen molar-refractivity contribution >= 4 is 5.91 Å². The molecule has 2 atom stereocenters. The number of aliphatic hydroxyl groups is 1. The fraction of sp³-hybridized carbons (Fsp3) is 0.345. The molecule has 3 aromatic carbocycles. The van der Waals surface area contributed by atoms with Crippen molar-refractivity contribution in [3.63, 3.8) is 0 Å². The van der Waals surface area contributed by atoms with E-state index >= 15 is 0 Å². The first-order chi connectivity index (χ1) is 17.4. The molecule has 7 heteroatoms. The lowest BCUT2D eigenvalue weighted by Crippen LogP contribution is -2.34. The lowest BCUT2D eigenvalue weighted by molar-refractivity contribution is 0.0854. The maximum absolute atomic E-state index is 14.9. The van der Waals surface area contributed by atoms with E-state index in [4.69, 9.17) is 4.74 Å². The van der Waals surface area contributed by atoms with Crippen molar-refractivity contribution in [1.29, 1.82) is 0 Å². The van der Waals surface area contributed by atoms with Crippen LogP contribution < -0.4 is 5.32 Å². The summed E-state index contributed by atoms with van der Waals surface area (Å²) in [5, 5.41) is 13.5. The summed E-state index contributed by atoms with van der Waals surface area (Å²) in [5.41, 5.74) is 3.34. The van der Waals surface area contributed by atoms with Gasteiger partial charge in [-0.25, -0.2) is 8.78 Å². The minimum Gasteiger partial charge on any atom is -0.390 e. The summed E-state index contributed by atoms with van der Waals surface area (Å²) in [6.45, 7) is 5.03. The van der Waals surface area contributed by atoms with Crippen LogP contribution in [0.3, 0.4) is 0 Å². The van der Waals surface area contributed by atoms with Crippen LogP contribution in [0, 0.1) is 11.6 Å². The van der Waals surface area contributed by atoms with Crippen LogP contribution in [-0.4, -0.2) is 48.8 Å². The topological polar surface area (TPSA) is 61.8 Å². The molecule has 1 aliphatic rings. The predicted molar refractivity (Wildman–Crippen MR) is 136 cm³/mol. The highest BCUT2D eigenvalue weighted by atomic mass is 19.1. The molecule has 0 aromatic heterocycles. The van der Waals surface area contributed by atoms with Crippen molar-refractivity contribution in [2.75, 3.05) is 26.8 Å². The van der Waals surface area contributed by atoms with Crippen LogP contribution in [0.4, 0.5) is 8.78 Å². The molecule has 5 nitrogen and oxygen atoms in total. The van der Waals surface area contributed by atoms with Gasteiger partial charge in [-0.15, -0.1) is 0 Å². The molecule has 0 spiro atoms. The van der Waals surface area contributed by atoms with Gasteiger partial charge in [0.25, 0.3) is 5.91 Å². The number of nitrogens with one attached hydrogen (secondary N) is 1. The summed E-state index contributed by atoms with van der Waals surface area (Å²) in [5.74, 6) is -1.83. The Hall–Kier alpha value is -3.13. The molecule has 0 heterocycles. The van der Waals surface area contributed by atoms with Gasteiger partial charge in [0.05, 0.1) is 17.7 Å². The summed E-state index contributed by atoms with van der Waals surface area (Å²) in [6.07, 6.45) is 0.553. The second-order valence-electron chi connectivity index (χ2n) is 9.22. The number of rotatable bonds is 10. The zero-order chi connectivity index (χ0) is 25.7. The zero-order valence-electron chi connectivity index (χ0n) is 20.6. The third-order valence-corrected chi connectivity index (χ3v) is 6.53. The summed E-state index contributed by atoms with van der Waals surface area (Å²) >= 11 is 0. The summed E-state index contributed by atoms with van der Waals surface area (Å²) in [7, 11) is 2.04. The molecule has 36 heavy (non-hydrogen) atoms. The quantitative estimate of drug-likeness (QED) is 0.395. The Morgan fingerprint density at radius 3 is 2.67 bits per heavy atom. The van der Waals surface area contributed by atoms with Gasteiger partial charge in [-0.2, -0.15) is 0 Å². The van der Waals surface area contributed by atoms with Crippen LogP contribution in [0.25, 0.3) is 11.1 Å². The van der Waals surface area contributed by atoms with Crippen molar-refractivity contribution in [2.24, 2.45) is 0 Å². The highest BCUT2D eigenvalue weighted by Crippen LogP contribution is 2.33. The Kier molecular flexibility index (Phi) is 8.46. The number of carbonyl (C=O) groups excluding carboxylic acids is 1. The molecule has 2 unspecified atom stereocenters. The van der Waals surface area contributed by atoms with E-state index in [-0.39, 0.29) is 11.1 Å². The number of ether oxygens (including phenoxy) is 1. The highest BCUT2D eigenvalue weighted by Gasteiger charge is 2.33. The van der Waals surface area contributed by atoms with Gasteiger partial charge in [0.2, 0.25) is 0 Å². The molecule has 4 rings (SSSR count). The van der Waals surface area contributed by atoms with Crippen LogP contribution >= 0.6 is 0 Å². The fourth-order valence-electron chi connectivity index (χ4n) is 4.70. The number of nitrogens with zero attached hydrogens (tertiary/aromatic N) is 1. The van der Waals surface area contributed by atoms with Gasteiger partial charge in [-0.1, -0.05) is 42.5 Å². The maximum atomic E-state index is 14.9. The Bertz CT molecular complexity index is 1220.